The van der Waals surface area contributed by atoms with Gasteiger partial charge in [0.1, 0.15) is 5.82 Å². The van der Waals surface area contributed by atoms with Crippen molar-refractivity contribution in [2.45, 2.75) is 20.4 Å². The zero-order chi connectivity index (χ0) is 18.9. The minimum Gasteiger partial charge on any atom is -0.338 e. The second kappa shape index (κ2) is 9.97. The van der Waals surface area contributed by atoms with Crippen LogP contribution in [0.15, 0.2) is 48.5 Å². The third-order valence-electron chi connectivity index (χ3n) is 3.76. The van der Waals surface area contributed by atoms with Crippen molar-refractivity contribution in [3.05, 3.63) is 65.5 Å². The molecular formula is C20H23FN2O2S. The van der Waals surface area contributed by atoms with E-state index in [1.165, 1.54) is 23.9 Å². The summed E-state index contributed by atoms with van der Waals surface area (Å²) in [6.07, 6.45) is 0. The Kier molecular flexibility index (Phi) is 7.66. The van der Waals surface area contributed by atoms with Crippen LogP contribution in [0.2, 0.25) is 0 Å². The van der Waals surface area contributed by atoms with Crippen LogP contribution < -0.4 is 5.32 Å². The number of hydrogen-bond acceptors (Lipinski definition) is 3. The molecule has 0 radical (unpaired) electrons. The van der Waals surface area contributed by atoms with Crippen LogP contribution in [-0.2, 0) is 16.1 Å². The number of halogens is 1. The highest BCUT2D eigenvalue weighted by molar-refractivity contribution is 8.00. The Morgan fingerprint density at radius 1 is 1.12 bits per heavy atom. The molecule has 4 nitrogen and oxygen atoms in total. The van der Waals surface area contributed by atoms with Crippen molar-refractivity contribution in [3.8, 4) is 0 Å². The van der Waals surface area contributed by atoms with Crippen molar-refractivity contribution in [2.24, 2.45) is 0 Å². The van der Waals surface area contributed by atoms with Crippen molar-refractivity contribution < 1.29 is 14.0 Å². The Bertz CT molecular complexity index is 767. The SMILES string of the molecule is CCN(Cc1cccc(F)c1)C(=O)CSCC(=O)Nc1cccc(C)c1. The maximum Gasteiger partial charge on any atom is 0.234 e. The molecular weight excluding hydrogens is 351 g/mol. The fourth-order valence-corrected chi connectivity index (χ4v) is 3.19. The number of thioether (sulfide) groups is 1. The van der Waals surface area contributed by atoms with Crippen molar-refractivity contribution in [1.29, 1.82) is 0 Å². The van der Waals surface area contributed by atoms with Crippen LogP contribution in [-0.4, -0.2) is 34.8 Å². The molecule has 2 aromatic carbocycles. The molecule has 0 saturated carbocycles. The topological polar surface area (TPSA) is 49.4 Å². The minimum atomic E-state index is -0.312. The zero-order valence-electron chi connectivity index (χ0n) is 15.0. The van der Waals surface area contributed by atoms with E-state index in [1.807, 2.05) is 38.1 Å². The highest BCUT2D eigenvalue weighted by atomic mass is 32.2. The van der Waals surface area contributed by atoms with Gasteiger partial charge in [-0.25, -0.2) is 4.39 Å². The normalized spacial score (nSPS) is 10.4. The van der Waals surface area contributed by atoms with Gasteiger partial charge in [0.15, 0.2) is 0 Å². The van der Waals surface area contributed by atoms with Crippen LogP contribution in [0, 0.1) is 12.7 Å². The highest BCUT2D eigenvalue weighted by Crippen LogP contribution is 2.12. The van der Waals surface area contributed by atoms with Crippen molar-refractivity contribution in [2.75, 3.05) is 23.4 Å². The van der Waals surface area contributed by atoms with Crippen LogP contribution in [0.4, 0.5) is 10.1 Å². The van der Waals surface area contributed by atoms with Crippen LogP contribution in [0.3, 0.4) is 0 Å². The molecule has 2 aromatic rings. The van der Waals surface area contributed by atoms with Gasteiger partial charge < -0.3 is 10.2 Å². The molecule has 26 heavy (non-hydrogen) atoms. The fourth-order valence-electron chi connectivity index (χ4n) is 2.47. The van der Waals surface area contributed by atoms with Gasteiger partial charge in [-0.2, -0.15) is 0 Å². The number of nitrogens with one attached hydrogen (secondary N) is 1. The maximum absolute atomic E-state index is 13.3. The van der Waals surface area contributed by atoms with Gasteiger partial charge in [0.25, 0.3) is 0 Å². The maximum atomic E-state index is 13.3. The molecule has 0 aliphatic carbocycles. The lowest BCUT2D eigenvalue weighted by Crippen LogP contribution is -2.32. The molecule has 2 rings (SSSR count). The van der Waals surface area contributed by atoms with E-state index >= 15 is 0 Å². The van der Waals surface area contributed by atoms with Crippen LogP contribution in [0.1, 0.15) is 18.1 Å². The number of anilines is 1. The second-order valence-electron chi connectivity index (χ2n) is 5.95. The highest BCUT2D eigenvalue weighted by Gasteiger charge is 2.13. The first-order valence-electron chi connectivity index (χ1n) is 8.44. The summed E-state index contributed by atoms with van der Waals surface area (Å²) in [7, 11) is 0. The van der Waals surface area contributed by atoms with E-state index in [1.54, 1.807) is 17.0 Å². The van der Waals surface area contributed by atoms with Gasteiger partial charge in [-0.15, -0.1) is 11.8 Å². The van der Waals surface area contributed by atoms with Crippen LogP contribution in [0.5, 0.6) is 0 Å². The lowest BCUT2D eigenvalue weighted by Gasteiger charge is -2.21. The monoisotopic (exact) mass is 374 g/mol. The summed E-state index contributed by atoms with van der Waals surface area (Å²) in [6, 6.07) is 13.8. The Labute approximate surface area is 157 Å². The van der Waals surface area contributed by atoms with E-state index in [0.717, 1.165) is 16.8 Å². The van der Waals surface area contributed by atoms with Crippen molar-refractivity contribution in [3.63, 3.8) is 0 Å². The molecule has 0 atom stereocenters. The summed E-state index contributed by atoms with van der Waals surface area (Å²) >= 11 is 1.27. The second-order valence-corrected chi connectivity index (χ2v) is 6.93. The number of carbonyl (C=O) groups excluding carboxylic acids is 2. The number of aryl methyl sites for hydroxylation is 1. The molecule has 0 unspecified atom stereocenters. The quantitative estimate of drug-likeness (QED) is 0.763. The average Bonchev–Trinajstić information content (AvgIpc) is 2.59. The van der Waals surface area contributed by atoms with Gasteiger partial charge in [-0.05, 0) is 49.2 Å². The first-order chi connectivity index (χ1) is 12.5. The predicted octanol–water partition coefficient (Wildman–Crippen LogP) is 3.85. The molecule has 0 heterocycles. The summed E-state index contributed by atoms with van der Waals surface area (Å²) in [5.74, 6) is -0.0957. The Hall–Kier alpha value is -2.34. The lowest BCUT2D eigenvalue weighted by molar-refractivity contribution is -0.128. The molecule has 0 spiro atoms. The van der Waals surface area contributed by atoms with Crippen LogP contribution >= 0.6 is 11.8 Å². The smallest absolute Gasteiger partial charge is 0.234 e. The zero-order valence-corrected chi connectivity index (χ0v) is 15.8. The first-order valence-corrected chi connectivity index (χ1v) is 9.60. The van der Waals surface area contributed by atoms with Gasteiger partial charge in [0.05, 0.1) is 11.5 Å². The third-order valence-corrected chi connectivity index (χ3v) is 4.67. The molecule has 0 aliphatic heterocycles. The fraction of sp³-hybridized carbons (Fsp3) is 0.300. The van der Waals surface area contributed by atoms with E-state index in [2.05, 4.69) is 5.32 Å². The van der Waals surface area contributed by atoms with Crippen molar-refractivity contribution >= 4 is 29.3 Å². The summed E-state index contributed by atoms with van der Waals surface area (Å²) in [5, 5.41) is 2.82. The summed E-state index contributed by atoms with van der Waals surface area (Å²) < 4.78 is 13.3. The number of carbonyl (C=O) groups is 2. The predicted molar refractivity (Wildman–Crippen MR) is 105 cm³/mol. The number of amides is 2. The molecule has 0 bridgehead atoms. The lowest BCUT2D eigenvalue weighted by atomic mass is 10.2. The molecule has 6 heteroatoms. The average molecular weight is 374 g/mol. The van der Waals surface area contributed by atoms with Crippen LogP contribution in [0.25, 0.3) is 0 Å². The van der Waals surface area contributed by atoms with E-state index in [9.17, 15) is 14.0 Å². The summed E-state index contributed by atoms with van der Waals surface area (Å²) in [5.41, 5.74) is 2.58. The molecule has 0 saturated heterocycles. The number of nitrogens with zero attached hydrogens (tertiary/aromatic N) is 1. The van der Waals surface area contributed by atoms with Crippen molar-refractivity contribution in [1.82, 2.24) is 4.90 Å². The standard InChI is InChI=1S/C20H23FN2O2S/c1-3-23(12-16-7-5-8-17(21)11-16)20(25)14-26-13-19(24)22-18-9-4-6-15(2)10-18/h4-11H,3,12-14H2,1-2H3,(H,22,24). The molecule has 0 aromatic heterocycles. The van der Waals surface area contributed by atoms with Gasteiger partial charge in [0.2, 0.25) is 11.8 Å². The largest absolute Gasteiger partial charge is 0.338 e. The summed E-state index contributed by atoms with van der Waals surface area (Å²) in [6.45, 7) is 4.74. The molecule has 138 valence electrons. The Balaban J connectivity index is 1.78. The van der Waals surface area contributed by atoms with Gasteiger partial charge >= 0.3 is 0 Å². The third kappa shape index (κ3) is 6.52. The number of rotatable bonds is 8. The van der Waals surface area contributed by atoms with Gasteiger partial charge in [-0.1, -0.05) is 24.3 Å². The minimum absolute atomic E-state index is 0.0647. The van der Waals surface area contributed by atoms with Gasteiger partial charge in [0, 0.05) is 18.8 Å². The molecule has 0 fully saturated rings. The summed E-state index contributed by atoms with van der Waals surface area (Å²) in [4.78, 5) is 26.0. The molecule has 0 aliphatic rings. The Morgan fingerprint density at radius 3 is 2.58 bits per heavy atom. The van der Waals surface area contributed by atoms with E-state index in [0.29, 0.717) is 13.1 Å². The van der Waals surface area contributed by atoms with E-state index < -0.39 is 0 Å². The Morgan fingerprint density at radius 2 is 1.88 bits per heavy atom. The van der Waals surface area contributed by atoms with E-state index in [4.69, 9.17) is 0 Å². The molecule has 1 N–H and O–H groups in total. The van der Waals surface area contributed by atoms with Gasteiger partial charge in [-0.3, -0.25) is 9.59 Å². The first kappa shape index (κ1) is 20.0. The molecule has 2 amide bonds. The number of benzene rings is 2. The van der Waals surface area contributed by atoms with E-state index in [-0.39, 0.29) is 29.1 Å². The number of hydrogen-bond donors (Lipinski definition) is 1.